The quantitative estimate of drug-likeness (QED) is 0.816. The van der Waals surface area contributed by atoms with Crippen LogP contribution in [0.3, 0.4) is 0 Å². The number of methoxy groups -OCH3 is 1. The molecule has 0 aromatic heterocycles. The topological polar surface area (TPSA) is 110 Å². The maximum Gasteiger partial charge on any atom is 0.269 e. The van der Waals surface area contributed by atoms with E-state index in [0.717, 1.165) is 4.31 Å². The molecule has 0 fully saturated rings. The van der Waals surface area contributed by atoms with Crippen molar-refractivity contribution >= 4 is 21.7 Å². The van der Waals surface area contributed by atoms with E-state index in [1.807, 2.05) is 0 Å². The monoisotopic (exact) mass is 298 g/mol. The molecule has 0 atom stereocenters. The molecule has 0 saturated heterocycles. The molecule has 1 aromatic carbocycles. The Morgan fingerprint density at radius 3 is 2.65 bits per heavy atom. The molecule has 3 N–H and O–H groups in total. The summed E-state index contributed by atoms with van der Waals surface area (Å²) >= 11 is 0. The van der Waals surface area contributed by atoms with Gasteiger partial charge in [0.05, 0.1) is 18.0 Å². The van der Waals surface area contributed by atoms with Gasteiger partial charge in [-0.1, -0.05) is 12.1 Å². The van der Waals surface area contributed by atoms with Crippen molar-refractivity contribution in [2.45, 2.75) is 4.90 Å². The highest BCUT2D eigenvalue weighted by molar-refractivity contribution is 7.89. The number of benzene rings is 1. The molecular formula is C12H14N2O5S. The average molecular weight is 298 g/mol. The smallest absolute Gasteiger partial charge is 0.269 e. The van der Waals surface area contributed by atoms with Gasteiger partial charge in [-0.3, -0.25) is 9.10 Å². The molecule has 8 heteroatoms. The number of carbonyl (C=O) groups excluding carboxylic acids is 1. The number of hydrogen-bond acceptors (Lipinski definition) is 5. The largest absolute Gasteiger partial charge is 0.505 e. The third-order valence-corrected chi connectivity index (χ3v) is 4.77. The number of amides is 1. The number of carbonyl (C=O) groups is 1. The maximum absolute atomic E-state index is 12.5. The molecule has 1 aliphatic heterocycles. The van der Waals surface area contributed by atoms with Gasteiger partial charge in [0.15, 0.2) is 11.5 Å². The van der Waals surface area contributed by atoms with Crippen molar-refractivity contribution in [3.05, 3.63) is 35.5 Å². The van der Waals surface area contributed by atoms with E-state index < -0.39 is 27.4 Å². The van der Waals surface area contributed by atoms with E-state index in [9.17, 15) is 18.3 Å². The van der Waals surface area contributed by atoms with Crippen molar-refractivity contribution < 1.29 is 23.1 Å². The fourth-order valence-corrected chi connectivity index (χ4v) is 3.68. The van der Waals surface area contributed by atoms with Crippen LogP contribution in [-0.4, -0.2) is 44.0 Å². The van der Waals surface area contributed by atoms with Crippen LogP contribution in [0.25, 0.3) is 5.76 Å². The van der Waals surface area contributed by atoms with Crippen LogP contribution in [0, 0.1) is 0 Å². The van der Waals surface area contributed by atoms with E-state index in [2.05, 4.69) is 0 Å². The number of aliphatic hydroxyl groups excluding tert-OH is 1. The number of fused-ring (bicyclic) bond motifs is 1. The van der Waals surface area contributed by atoms with Crippen molar-refractivity contribution in [2.75, 3.05) is 20.3 Å². The SMILES string of the molecule is COCCN1C(C(N)=O)=C(O)c2ccccc2S1(=O)=O. The van der Waals surface area contributed by atoms with Gasteiger partial charge in [-0.05, 0) is 12.1 Å². The summed E-state index contributed by atoms with van der Waals surface area (Å²) in [7, 11) is -2.55. The lowest BCUT2D eigenvalue weighted by atomic mass is 10.1. The Kier molecular flexibility index (Phi) is 3.69. The minimum absolute atomic E-state index is 0.0610. The van der Waals surface area contributed by atoms with Crippen LogP contribution >= 0.6 is 0 Å². The van der Waals surface area contributed by atoms with E-state index in [4.69, 9.17) is 10.5 Å². The molecule has 0 bridgehead atoms. The molecule has 1 amide bonds. The molecule has 2 rings (SSSR count). The first-order valence-electron chi connectivity index (χ1n) is 5.75. The number of aliphatic hydroxyl groups is 1. The van der Waals surface area contributed by atoms with Gasteiger partial charge in [0.1, 0.15) is 0 Å². The summed E-state index contributed by atoms with van der Waals surface area (Å²) in [5, 5.41) is 10.1. The molecule has 0 aliphatic carbocycles. The summed E-state index contributed by atoms with van der Waals surface area (Å²) in [5.41, 5.74) is 4.82. The van der Waals surface area contributed by atoms with Crippen LogP contribution in [0.2, 0.25) is 0 Å². The molecule has 1 aromatic rings. The van der Waals surface area contributed by atoms with Crippen molar-refractivity contribution in [2.24, 2.45) is 5.73 Å². The average Bonchev–Trinajstić information content (AvgIpc) is 2.41. The van der Waals surface area contributed by atoms with Crippen LogP contribution in [0.4, 0.5) is 0 Å². The molecule has 108 valence electrons. The summed E-state index contributed by atoms with van der Waals surface area (Å²) in [5.74, 6) is -1.46. The Labute approximate surface area is 116 Å². The Bertz CT molecular complexity index is 681. The number of sulfonamides is 1. The van der Waals surface area contributed by atoms with Crippen LogP contribution in [0.5, 0.6) is 0 Å². The summed E-state index contributed by atoms with van der Waals surface area (Å²) in [6.45, 7) is -0.0546. The van der Waals surface area contributed by atoms with E-state index in [-0.39, 0.29) is 23.6 Å². The number of rotatable bonds is 4. The maximum atomic E-state index is 12.5. The lowest BCUT2D eigenvalue weighted by Gasteiger charge is -2.30. The fourth-order valence-electron chi connectivity index (χ4n) is 2.02. The minimum Gasteiger partial charge on any atom is -0.505 e. The molecule has 0 saturated carbocycles. The second-order valence-corrected chi connectivity index (χ2v) is 5.96. The Morgan fingerprint density at radius 1 is 1.40 bits per heavy atom. The van der Waals surface area contributed by atoms with Crippen molar-refractivity contribution in [1.29, 1.82) is 0 Å². The first-order valence-corrected chi connectivity index (χ1v) is 7.19. The third-order valence-electron chi connectivity index (χ3n) is 2.92. The molecule has 0 spiro atoms. The van der Waals surface area contributed by atoms with Crippen molar-refractivity contribution in [3.63, 3.8) is 0 Å². The Morgan fingerprint density at radius 2 is 2.05 bits per heavy atom. The van der Waals surface area contributed by atoms with Gasteiger partial charge in [-0.25, -0.2) is 8.42 Å². The van der Waals surface area contributed by atoms with Gasteiger partial charge in [0, 0.05) is 12.7 Å². The van der Waals surface area contributed by atoms with Gasteiger partial charge >= 0.3 is 0 Å². The second-order valence-electron chi connectivity index (χ2n) is 4.13. The number of nitrogens with zero attached hydrogens (tertiary/aromatic N) is 1. The molecule has 0 radical (unpaired) electrons. The Hall–Kier alpha value is -2.06. The molecular weight excluding hydrogens is 284 g/mol. The van der Waals surface area contributed by atoms with Gasteiger partial charge in [-0.2, -0.15) is 0 Å². The van der Waals surface area contributed by atoms with Crippen molar-refractivity contribution in [1.82, 2.24) is 4.31 Å². The minimum atomic E-state index is -3.95. The van der Waals surface area contributed by atoms with Crippen LogP contribution in [-0.2, 0) is 19.6 Å². The number of nitrogens with two attached hydrogens (primary N) is 1. The zero-order valence-electron chi connectivity index (χ0n) is 10.7. The highest BCUT2D eigenvalue weighted by Gasteiger charge is 2.38. The van der Waals surface area contributed by atoms with Gasteiger partial charge in [0.2, 0.25) is 0 Å². The highest BCUT2D eigenvalue weighted by atomic mass is 32.2. The molecule has 0 unspecified atom stereocenters. The molecule has 20 heavy (non-hydrogen) atoms. The van der Waals surface area contributed by atoms with Crippen molar-refractivity contribution in [3.8, 4) is 0 Å². The summed E-state index contributed by atoms with van der Waals surface area (Å²) < 4.78 is 30.6. The zero-order chi connectivity index (χ0) is 14.9. The fraction of sp³-hybridized carbons (Fsp3) is 0.250. The highest BCUT2D eigenvalue weighted by Crippen LogP contribution is 2.34. The molecule has 1 aliphatic rings. The lowest BCUT2D eigenvalue weighted by Crippen LogP contribution is -2.41. The normalized spacial score (nSPS) is 16.9. The van der Waals surface area contributed by atoms with Crippen LogP contribution in [0.1, 0.15) is 5.56 Å². The predicted molar refractivity (Wildman–Crippen MR) is 71.0 cm³/mol. The molecule has 1 heterocycles. The van der Waals surface area contributed by atoms with Crippen LogP contribution < -0.4 is 5.73 Å². The van der Waals surface area contributed by atoms with Gasteiger partial charge in [-0.15, -0.1) is 0 Å². The predicted octanol–water partition coefficient (Wildman–Crippen LogP) is 0.0492. The third kappa shape index (κ3) is 2.12. The Balaban J connectivity index is 2.70. The first kappa shape index (κ1) is 14.4. The van der Waals surface area contributed by atoms with Gasteiger partial charge in [0.25, 0.3) is 15.9 Å². The van der Waals surface area contributed by atoms with E-state index in [1.54, 1.807) is 6.07 Å². The molecule has 7 nitrogen and oxygen atoms in total. The summed E-state index contributed by atoms with van der Waals surface area (Å²) in [6.07, 6.45) is 0. The number of ether oxygens (including phenoxy) is 1. The number of hydrogen-bond donors (Lipinski definition) is 2. The second kappa shape index (κ2) is 5.14. The summed E-state index contributed by atoms with van der Waals surface area (Å²) in [4.78, 5) is 11.4. The van der Waals surface area contributed by atoms with E-state index >= 15 is 0 Å². The lowest BCUT2D eigenvalue weighted by molar-refractivity contribution is -0.115. The van der Waals surface area contributed by atoms with Crippen LogP contribution in [0.15, 0.2) is 34.9 Å². The van der Waals surface area contributed by atoms with Gasteiger partial charge < -0.3 is 15.6 Å². The van der Waals surface area contributed by atoms with E-state index in [1.165, 1.54) is 25.3 Å². The number of primary amides is 1. The zero-order valence-corrected chi connectivity index (χ0v) is 11.6. The summed E-state index contributed by atoms with van der Waals surface area (Å²) in [6, 6.07) is 5.87. The first-order chi connectivity index (χ1) is 9.41. The van der Waals surface area contributed by atoms with E-state index in [0.29, 0.717) is 0 Å². The standard InChI is InChI=1S/C12H14N2O5S/c1-19-7-6-14-10(12(13)16)11(15)8-4-2-3-5-9(8)20(14,17)18/h2-5,15H,6-7H2,1H3,(H2,13,16).